The quantitative estimate of drug-likeness (QED) is 0.803. The molecule has 2 aromatic heterocycles. The highest BCUT2D eigenvalue weighted by molar-refractivity contribution is 7.18. The Labute approximate surface area is 165 Å². The monoisotopic (exact) mass is 386 g/mol. The molecule has 1 spiro atoms. The molecule has 5 nitrogen and oxygen atoms in total. The van der Waals surface area contributed by atoms with Gasteiger partial charge in [-0.15, -0.1) is 11.3 Å². The van der Waals surface area contributed by atoms with Crippen LogP contribution in [-0.2, 0) is 11.2 Å². The Morgan fingerprint density at radius 1 is 1.19 bits per heavy atom. The summed E-state index contributed by atoms with van der Waals surface area (Å²) in [6.45, 7) is 10.2. The summed E-state index contributed by atoms with van der Waals surface area (Å²) in [7, 11) is 0. The second-order valence-corrected chi connectivity index (χ2v) is 9.81. The second kappa shape index (κ2) is 7.30. The minimum Gasteiger partial charge on any atom is -0.381 e. The molecule has 0 aliphatic carbocycles. The Morgan fingerprint density at radius 3 is 2.89 bits per heavy atom. The van der Waals surface area contributed by atoms with Gasteiger partial charge in [0.15, 0.2) is 0 Å². The number of aromatic nitrogens is 2. The maximum Gasteiger partial charge on any atom is 0.140 e. The fourth-order valence-corrected chi connectivity index (χ4v) is 6.18. The van der Waals surface area contributed by atoms with Gasteiger partial charge in [0, 0.05) is 49.7 Å². The number of fused-ring (bicyclic) bond motifs is 1. The number of hydrogen-bond donors (Lipinski definition) is 0. The predicted molar refractivity (Wildman–Crippen MR) is 111 cm³/mol. The van der Waals surface area contributed by atoms with Crippen molar-refractivity contribution in [1.82, 2.24) is 14.9 Å². The maximum atomic E-state index is 5.53. The molecule has 5 rings (SSSR count). The van der Waals surface area contributed by atoms with Crippen molar-refractivity contribution in [3.63, 3.8) is 0 Å². The molecular weight excluding hydrogens is 356 g/mol. The second-order valence-electron chi connectivity index (χ2n) is 8.69. The van der Waals surface area contributed by atoms with E-state index in [1.165, 1.54) is 55.6 Å². The number of anilines is 1. The number of thiophene rings is 1. The summed E-state index contributed by atoms with van der Waals surface area (Å²) >= 11 is 1.82. The third kappa shape index (κ3) is 3.47. The molecule has 1 atom stereocenters. The number of rotatable bonds is 4. The molecule has 2 aromatic rings. The first-order chi connectivity index (χ1) is 13.2. The molecule has 0 amide bonds. The summed E-state index contributed by atoms with van der Waals surface area (Å²) in [5.74, 6) is 2.00. The van der Waals surface area contributed by atoms with Crippen molar-refractivity contribution in [3.05, 3.63) is 17.3 Å². The topological polar surface area (TPSA) is 41.5 Å². The molecule has 3 saturated heterocycles. The predicted octanol–water partition coefficient (Wildman–Crippen LogP) is 3.58. The van der Waals surface area contributed by atoms with Gasteiger partial charge in [-0.3, -0.25) is 0 Å². The Morgan fingerprint density at radius 2 is 2.04 bits per heavy atom. The van der Waals surface area contributed by atoms with Gasteiger partial charge in [0.25, 0.3) is 0 Å². The molecule has 0 saturated carbocycles. The van der Waals surface area contributed by atoms with E-state index in [1.54, 1.807) is 6.33 Å². The fourth-order valence-electron chi connectivity index (χ4n) is 5.25. The van der Waals surface area contributed by atoms with E-state index in [1.807, 2.05) is 11.3 Å². The van der Waals surface area contributed by atoms with Crippen LogP contribution in [0, 0.1) is 11.3 Å². The summed E-state index contributed by atoms with van der Waals surface area (Å²) in [6.07, 6.45) is 7.95. The van der Waals surface area contributed by atoms with E-state index >= 15 is 0 Å². The van der Waals surface area contributed by atoms with Crippen molar-refractivity contribution in [2.45, 2.75) is 39.0 Å². The van der Waals surface area contributed by atoms with Crippen LogP contribution in [-0.4, -0.2) is 60.8 Å². The Hall–Kier alpha value is -1.24. The zero-order valence-corrected chi connectivity index (χ0v) is 17.1. The van der Waals surface area contributed by atoms with Gasteiger partial charge >= 0.3 is 0 Å². The van der Waals surface area contributed by atoms with Crippen molar-refractivity contribution in [3.8, 4) is 0 Å². The van der Waals surface area contributed by atoms with E-state index in [0.29, 0.717) is 5.41 Å². The van der Waals surface area contributed by atoms with E-state index in [2.05, 4.69) is 27.8 Å². The number of likely N-dealkylation sites (tertiary alicyclic amines) is 1. The van der Waals surface area contributed by atoms with Crippen LogP contribution in [0.4, 0.5) is 5.82 Å². The van der Waals surface area contributed by atoms with Gasteiger partial charge in [0.2, 0.25) is 0 Å². The molecule has 146 valence electrons. The highest BCUT2D eigenvalue weighted by Crippen LogP contribution is 2.42. The molecule has 0 unspecified atom stereocenters. The van der Waals surface area contributed by atoms with Crippen molar-refractivity contribution in [2.24, 2.45) is 11.3 Å². The Bertz CT molecular complexity index is 803. The van der Waals surface area contributed by atoms with Crippen LogP contribution >= 0.6 is 11.3 Å². The molecular formula is C21H30N4OS. The van der Waals surface area contributed by atoms with Crippen LogP contribution in [0.15, 0.2) is 12.4 Å². The van der Waals surface area contributed by atoms with E-state index in [0.717, 1.165) is 49.3 Å². The molecule has 3 aliphatic rings. The molecule has 0 N–H and O–H groups in total. The van der Waals surface area contributed by atoms with Crippen molar-refractivity contribution < 1.29 is 4.74 Å². The summed E-state index contributed by atoms with van der Waals surface area (Å²) < 4.78 is 5.53. The standard InChI is InChI=1S/C21H30N4OS/c1-2-17-11-18-19(22-15-23-20(18)27-17)25-8-6-21(14-25)5-7-24(13-21)12-16-3-9-26-10-4-16/h11,15-16H,2-10,12-14H2,1H3/t21-/m0/s1. The molecule has 5 heterocycles. The third-order valence-corrected chi connectivity index (χ3v) is 8.01. The van der Waals surface area contributed by atoms with Gasteiger partial charge in [0.05, 0.1) is 5.39 Å². The summed E-state index contributed by atoms with van der Waals surface area (Å²) in [5.41, 5.74) is 0.464. The van der Waals surface area contributed by atoms with E-state index in [4.69, 9.17) is 9.72 Å². The lowest BCUT2D eigenvalue weighted by atomic mass is 9.86. The van der Waals surface area contributed by atoms with Gasteiger partial charge < -0.3 is 14.5 Å². The Kier molecular flexibility index (Phi) is 4.82. The maximum absolute atomic E-state index is 5.53. The number of aryl methyl sites for hydroxylation is 1. The van der Waals surface area contributed by atoms with Crippen LogP contribution in [0.25, 0.3) is 10.2 Å². The van der Waals surface area contributed by atoms with Gasteiger partial charge in [0.1, 0.15) is 17.0 Å². The Balaban J connectivity index is 1.28. The molecule has 0 aromatic carbocycles. The SMILES string of the molecule is CCc1cc2c(N3CC[C@]4(CCN(CC5CCOCC5)C4)C3)ncnc2s1. The normalized spacial score (nSPS) is 27.4. The molecule has 3 fully saturated rings. The largest absolute Gasteiger partial charge is 0.381 e. The molecule has 6 heteroatoms. The first kappa shape index (κ1) is 17.8. The van der Waals surface area contributed by atoms with E-state index < -0.39 is 0 Å². The first-order valence-electron chi connectivity index (χ1n) is 10.5. The average molecular weight is 387 g/mol. The lowest BCUT2D eigenvalue weighted by molar-refractivity contribution is 0.0543. The van der Waals surface area contributed by atoms with Crippen molar-refractivity contribution >= 4 is 27.4 Å². The van der Waals surface area contributed by atoms with Gasteiger partial charge in [-0.2, -0.15) is 0 Å². The lowest BCUT2D eigenvalue weighted by Crippen LogP contribution is -2.34. The number of hydrogen-bond acceptors (Lipinski definition) is 6. The summed E-state index contributed by atoms with van der Waals surface area (Å²) in [6, 6.07) is 2.31. The smallest absolute Gasteiger partial charge is 0.140 e. The highest BCUT2D eigenvalue weighted by atomic mass is 32.1. The minimum atomic E-state index is 0.464. The zero-order chi connectivity index (χ0) is 18.3. The molecule has 27 heavy (non-hydrogen) atoms. The van der Waals surface area contributed by atoms with E-state index in [-0.39, 0.29) is 0 Å². The summed E-state index contributed by atoms with van der Waals surface area (Å²) in [5, 5.41) is 1.26. The van der Waals surface area contributed by atoms with Crippen molar-refractivity contribution in [2.75, 3.05) is 50.8 Å². The van der Waals surface area contributed by atoms with Crippen LogP contribution in [0.2, 0.25) is 0 Å². The van der Waals surface area contributed by atoms with Crippen LogP contribution < -0.4 is 4.90 Å². The van der Waals surface area contributed by atoms with Gasteiger partial charge in [-0.05, 0) is 50.6 Å². The molecule has 0 radical (unpaired) electrons. The first-order valence-corrected chi connectivity index (χ1v) is 11.3. The lowest BCUT2D eigenvalue weighted by Gasteiger charge is -2.29. The fraction of sp³-hybridized carbons (Fsp3) is 0.714. The number of ether oxygens (including phenoxy) is 1. The van der Waals surface area contributed by atoms with Gasteiger partial charge in [-0.25, -0.2) is 9.97 Å². The highest BCUT2D eigenvalue weighted by Gasteiger charge is 2.44. The van der Waals surface area contributed by atoms with Crippen LogP contribution in [0.3, 0.4) is 0 Å². The molecule has 3 aliphatic heterocycles. The molecule has 0 bridgehead atoms. The zero-order valence-electron chi connectivity index (χ0n) is 16.3. The van der Waals surface area contributed by atoms with Crippen LogP contribution in [0.5, 0.6) is 0 Å². The van der Waals surface area contributed by atoms with Crippen LogP contribution in [0.1, 0.15) is 37.5 Å². The van der Waals surface area contributed by atoms with Gasteiger partial charge in [-0.1, -0.05) is 6.92 Å². The third-order valence-electron chi connectivity index (χ3n) is 6.82. The van der Waals surface area contributed by atoms with E-state index in [9.17, 15) is 0 Å². The number of nitrogens with zero attached hydrogens (tertiary/aromatic N) is 4. The summed E-state index contributed by atoms with van der Waals surface area (Å²) in [4.78, 5) is 17.0. The minimum absolute atomic E-state index is 0.464. The average Bonchev–Trinajstić information content (AvgIpc) is 3.41. The van der Waals surface area contributed by atoms with Crippen molar-refractivity contribution in [1.29, 1.82) is 0 Å².